The highest BCUT2D eigenvalue weighted by atomic mass is 19.1. The Bertz CT molecular complexity index is 666. The Kier molecular flexibility index (Phi) is 7.01. The second-order valence-electron chi connectivity index (χ2n) is 7.88. The number of rotatable bonds is 6. The van der Waals surface area contributed by atoms with Crippen LogP contribution in [0.2, 0.25) is 0 Å². The Balaban J connectivity index is 1.66. The minimum absolute atomic E-state index is 0.107. The van der Waals surface area contributed by atoms with E-state index in [1.165, 1.54) is 6.07 Å². The van der Waals surface area contributed by atoms with Crippen molar-refractivity contribution >= 4 is 5.91 Å². The quantitative estimate of drug-likeness (QED) is 0.804. The van der Waals surface area contributed by atoms with Gasteiger partial charge in [-0.1, -0.05) is 13.0 Å². The molecular formula is C21H31F2N3O2. The molecule has 1 N–H and O–H groups in total. The molecular weight excluding hydrogens is 364 g/mol. The molecule has 2 saturated heterocycles. The molecule has 28 heavy (non-hydrogen) atoms. The van der Waals surface area contributed by atoms with Gasteiger partial charge < -0.3 is 15.0 Å². The van der Waals surface area contributed by atoms with Gasteiger partial charge in [0.25, 0.3) is 0 Å². The van der Waals surface area contributed by atoms with E-state index >= 15 is 0 Å². The SMILES string of the molecule is CCC(c1ccc(F)cc1F)N1CCN(C(=O)C2(COC)CCNCC2)CC1. The highest BCUT2D eigenvalue weighted by Crippen LogP contribution is 2.33. The second-order valence-corrected chi connectivity index (χ2v) is 7.88. The van der Waals surface area contributed by atoms with Crippen LogP contribution >= 0.6 is 0 Å². The maximum absolute atomic E-state index is 14.3. The lowest BCUT2D eigenvalue weighted by atomic mass is 9.78. The number of methoxy groups -OCH3 is 1. The maximum Gasteiger partial charge on any atom is 0.231 e. The number of hydrogen-bond acceptors (Lipinski definition) is 4. The van der Waals surface area contributed by atoms with Crippen molar-refractivity contribution in [2.24, 2.45) is 5.41 Å². The predicted molar refractivity (Wildman–Crippen MR) is 104 cm³/mol. The number of carbonyl (C=O) groups is 1. The van der Waals surface area contributed by atoms with Crippen LogP contribution in [0.4, 0.5) is 8.78 Å². The number of benzene rings is 1. The first-order chi connectivity index (χ1) is 13.5. The van der Waals surface area contributed by atoms with Gasteiger partial charge in [-0.2, -0.15) is 0 Å². The molecule has 5 nitrogen and oxygen atoms in total. The Hall–Kier alpha value is -1.57. The van der Waals surface area contributed by atoms with Gasteiger partial charge in [0.2, 0.25) is 5.91 Å². The molecule has 0 bridgehead atoms. The van der Waals surface area contributed by atoms with Crippen LogP contribution < -0.4 is 5.32 Å². The molecule has 1 unspecified atom stereocenters. The van der Waals surface area contributed by atoms with Crippen molar-refractivity contribution < 1.29 is 18.3 Å². The van der Waals surface area contributed by atoms with E-state index in [4.69, 9.17) is 4.74 Å². The molecule has 0 radical (unpaired) electrons. The largest absolute Gasteiger partial charge is 0.384 e. The third-order valence-corrected chi connectivity index (χ3v) is 6.19. The molecule has 2 fully saturated rings. The molecule has 3 rings (SSSR count). The van der Waals surface area contributed by atoms with Gasteiger partial charge in [0.1, 0.15) is 11.6 Å². The first kappa shape index (κ1) is 21.1. The molecule has 1 aromatic carbocycles. The fourth-order valence-corrected chi connectivity index (χ4v) is 4.62. The summed E-state index contributed by atoms with van der Waals surface area (Å²) in [7, 11) is 1.65. The molecule has 0 aliphatic carbocycles. The van der Waals surface area contributed by atoms with E-state index in [0.717, 1.165) is 38.4 Å². The Morgan fingerprint density at radius 2 is 1.89 bits per heavy atom. The van der Waals surface area contributed by atoms with Gasteiger partial charge in [0.15, 0.2) is 0 Å². The zero-order valence-electron chi connectivity index (χ0n) is 16.8. The Labute approximate surface area is 166 Å². The lowest BCUT2D eigenvalue weighted by Gasteiger charge is -2.44. The first-order valence-corrected chi connectivity index (χ1v) is 10.2. The molecule has 0 aromatic heterocycles. The van der Waals surface area contributed by atoms with Gasteiger partial charge in [0.05, 0.1) is 12.0 Å². The summed E-state index contributed by atoms with van der Waals surface area (Å²) in [5.41, 5.74) is 0.0907. The number of piperidine rings is 1. The lowest BCUT2D eigenvalue weighted by molar-refractivity contribution is -0.149. The number of carbonyl (C=O) groups excluding carboxylic acids is 1. The highest BCUT2D eigenvalue weighted by molar-refractivity contribution is 5.83. The fraction of sp³-hybridized carbons (Fsp3) is 0.667. The third kappa shape index (κ3) is 4.36. The number of nitrogens with one attached hydrogen (secondary N) is 1. The van der Waals surface area contributed by atoms with Crippen molar-refractivity contribution in [3.63, 3.8) is 0 Å². The zero-order valence-corrected chi connectivity index (χ0v) is 16.8. The molecule has 0 saturated carbocycles. The molecule has 0 spiro atoms. The highest BCUT2D eigenvalue weighted by Gasteiger charge is 2.43. The predicted octanol–water partition coefficient (Wildman–Crippen LogP) is 2.58. The van der Waals surface area contributed by atoms with E-state index in [9.17, 15) is 13.6 Å². The summed E-state index contributed by atoms with van der Waals surface area (Å²) in [4.78, 5) is 17.4. The van der Waals surface area contributed by atoms with Crippen molar-refractivity contribution in [3.05, 3.63) is 35.4 Å². The summed E-state index contributed by atoms with van der Waals surface area (Å²) in [5, 5.41) is 3.32. The summed E-state index contributed by atoms with van der Waals surface area (Å²) in [5.74, 6) is -0.882. The number of piperazine rings is 1. The second kappa shape index (κ2) is 9.29. The van der Waals surface area contributed by atoms with Gasteiger partial charge in [-0.05, 0) is 38.4 Å². The van der Waals surface area contributed by atoms with Crippen molar-refractivity contribution in [2.75, 3.05) is 53.0 Å². The average Bonchev–Trinajstić information content (AvgIpc) is 2.71. The normalized spacial score (nSPS) is 21.5. The van der Waals surface area contributed by atoms with Crippen LogP contribution in [-0.4, -0.2) is 68.7 Å². The summed E-state index contributed by atoms with van der Waals surface area (Å²) < 4.78 is 32.9. The van der Waals surface area contributed by atoms with Gasteiger partial charge in [-0.3, -0.25) is 9.69 Å². The number of amides is 1. The van der Waals surface area contributed by atoms with Crippen molar-refractivity contribution in [1.82, 2.24) is 15.1 Å². The van der Waals surface area contributed by atoms with E-state index in [2.05, 4.69) is 10.2 Å². The van der Waals surface area contributed by atoms with Crippen LogP contribution in [0.3, 0.4) is 0 Å². The van der Waals surface area contributed by atoms with Crippen LogP contribution in [-0.2, 0) is 9.53 Å². The number of halogens is 2. The molecule has 156 valence electrons. The minimum atomic E-state index is -0.558. The summed E-state index contributed by atoms with van der Waals surface area (Å²) in [6.45, 7) is 6.73. The molecule has 1 atom stereocenters. The van der Waals surface area contributed by atoms with Gasteiger partial charge in [-0.25, -0.2) is 8.78 Å². The van der Waals surface area contributed by atoms with E-state index in [0.29, 0.717) is 38.3 Å². The third-order valence-electron chi connectivity index (χ3n) is 6.19. The zero-order chi connectivity index (χ0) is 20.1. The smallest absolute Gasteiger partial charge is 0.231 e. The lowest BCUT2D eigenvalue weighted by Crippen LogP contribution is -2.56. The minimum Gasteiger partial charge on any atom is -0.384 e. The Morgan fingerprint density at radius 3 is 2.46 bits per heavy atom. The topological polar surface area (TPSA) is 44.8 Å². The molecule has 2 heterocycles. The van der Waals surface area contributed by atoms with E-state index in [1.807, 2.05) is 11.8 Å². The van der Waals surface area contributed by atoms with E-state index < -0.39 is 17.0 Å². The average molecular weight is 395 g/mol. The van der Waals surface area contributed by atoms with Crippen molar-refractivity contribution in [1.29, 1.82) is 0 Å². The van der Waals surface area contributed by atoms with E-state index in [1.54, 1.807) is 13.2 Å². The standard InChI is InChI=1S/C21H31F2N3O2/c1-3-19(17-5-4-16(22)14-18(17)23)25-10-12-26(13-11-25)20(27)21(15-28-2)6-8-24-9-7-21/h4-5,14,19,24H,3,6-13,15H2,1-2H3. The summed E-state index contributed by atoms with van der Waals surface area (Å²) >= 11 is 0. The maximum atomic E-state index is 14.3. The molecule has 2 aliphatic rings. The number of ether oxygens (including phenoxy) is 1. The Morgan fingerprint density at radius 1 is 1.21 bits per heavy atom. The van der Waals surface area contributed by atoms with Crippen LogP contribution in [0.25, 0.3) is 0 Å². The van der Waals surface area contributed by atoms with Gasteiger partial charge in [-0.15, -0.1) is 0 Å². The van der Waals surface area contributed by atoms with E-state index in [-0.39, 0.29) is 11.9 Å². The van der Waals surface area contributed by atoms with Crippen LogP contribution in [0.5, 0.6) is 0 Å². The van der Waals surface area contributed by atoms with Crippen molar-refractivity contribution in [2.45, 2.75) is 32.2 Å². The van der Waals surface area contributed by atoms with Crippen LogP contribution in [0.15, 0.2) is 18.2 Å². The van der Waals surface area contributed by atoms with Crippen molar-refractivity contribution in [3.8, 4) is 0 Å². The van der Waals surface area contributed by atoms with Gasteiger partial charge in [0, 0.05) is 51.0 Å². The fourth-order valence-electron chi connectivity index (χ4n) is 4.62. The van der Waals surface area contributed by atoms with Gasteiger partial charge >= 0.3 is 0 Å². The molecule has 2 aliphatic heterocycles. The molecule has 1 amide bonds. The van der Waals surface area contributed by atoms with Crippen LogP contribution in [0, 0.1) is 17.0 Å². The summed E-state index contributed by atoms with van der Waals surface area (Å²) in [6, 6.07) is 3.69. The summed E-state index contributed by atoms with van der Waals surface area (Å²) in [6.07, 6.45) is 2.31. The number of nitrogens with zero attached hydrogens (tertiary/aromatic N) is 2. The molecule has 1 aromatic rings. The molecule has 7 heteroatoms. The van der Waals surface area contributed by atoms with Crippen LogP contribution in [0.1, 0.15) is 37.8 Å². The number of hydrogen-bond donors (Lipinski definition) is 1. The first-order valence-electron chi connectivity index (χ1n) is 10.2. The monoisotopic (exact) mass is 395 g/mol.